The van der Waals surface area contributed by atoms with Crippen LogP contribution in [0.25, 0.3) is 0 Å². The van der Waals surface area contributed by atoms with E-state index >= 15 is 0 Å². The van der Waals surface area contributed by atoms with Gasteiger partial charge in [-0.05, 0) is 37.0 Å². The molecular formula is C18H25N3O2S. The van der Waals surface area contributed by atoms with Gasteiger partial charge in [-0.1, -0.05) is 25.5 Å². The van der Waals surface area contributed by atoms with Crippen molar-refractivity contribution < 1.29 is 9.59 Å². The largest absolute Gasteiger partial charge is 0.332 e. The predicted octanol–water partition coefficient (Wildman–Crippen LogP) is 2.91. The number of unbranched alkanes of at least 4 members (excludes halogenated alkanes) is 1. The van der Waals surface area contributed by atoms with Crippen LogP contribution in [0, 0.1) is 0 Å². The second kappa shape index (κ2) is 7.92. The van der Waals surface area contributed by atoms with Gasteiger partial charge in [-0.3, -0.25) is 4.79 Å². The summed E-state index contributed by atoms with van der Waals surface area (Å²) in [5.41, 5.74) is 2.14. The number of thioether (sulfide) groups is 1. The second-order valence-electron chi connectivity index (χ2n) is 6.47. The lowest BCUT2D eigenvalue weighted by atomic mass is 10.0. The number of amides is 3. The quantitative estimate of drug-likeness (QED) is 0.525. The molecule has 130 valence electrons. The first-order valence-electron chi connectivity index (χ1n) is 8.73. The molecule has 0 radical (unpaired) electrons. The first kappa shape index (κ1) is 17.1. The molecular weight excluding hydrogens is 322 g/mol. The molecule has 2 aliphatic heterocycles. The number of hydrogen-bond acceptors (Lipinski definition) is 3. The third-order valence-corrected chi connectivity index (χ3v) is 6.24. The Morgan fingerprint density at radius 2 is 2.04 bits per heavy atom. The normalized spacial score (nSPS) is 25.0. The van der Waals surface area contributed by atoms with E-state index in [1.165, 1.54) is 5.56 Å². The monoisotopic (exact) mass is 347 g/mol. The van der Waals surface area contributed by atoms with Gasteiger partial charge in [0.1, 0.15) is 0 Å². The molecule has 24 heavy (non-hydrogen) atoms. The SMILES string of the molecule is CCc1ccc(NC(=O)CCCCC2SCC3NC(=O)NC32)cc1. The summed E-state index contributed by atoms with van der Waals surface area (Å²) in [6.07, 6.45) is 4.50. The highest BCUT2D eigenvalue weighted by Gasteiger charge is 2.42. The number of carbonyl (C=O) groups excluding carboxylic acids is 2. The molecule has 2 heterocycles. The van der Waals surface area contributed by atoms with Crippen molar-refractivity contribution in [2.45, 2.75) is 56.4 Å². The fraction of sp³-hybridized carbons (Fsp3) is 0.556. The highest BCUT2D eigenvalue weighted by Crippen LogP contribution is 2.33. The van der Waals surface area contributed by atoms with Crippen LogP contribution in [0.3, 0.4) is 0 Å². The molecule has 3 atom stereocenters. The van der Waals surface area contributed by atoms with Gasteiger partial charge in [-0.15, -0.1) is 0 Å². The number of aryl methyl sites for hydroxylation is 1. The van der Waals surface area contributed by atoms with Crippen molar-refractivity contribution in [3.8, 4) is 0 Å². The number of anilines is 1. The lowest BCUT2D eigenvalue weighted by Gasteiger charge is -2.16. The molecule has 3 rings (SSSR count). The molecule has 6 heteroatoms. The molecule has 1 aromatic rings. The van der Waals surface area contributed by atoms with E-state index in [9.17, 15) is 9.59 Å². The zero-order chi connectivity index (χ0) is 16.9. The van der Waals surface area contributed by atoms with E-state index in [2.05, 4.69) is 22.9 Å². The Kier molecular flexibility index (Phi) is 5.66. The van der Waals surface area contributed by atoms with Gasteiger partial charge in [0.15, 0.2) is 0 Å². The van der Waals surface area contributed by atoms with Crippen molar-refractivity contribution in [3.05, 3.63) is 29.8 Å². The van der Waals surface area contributed by atoms with Crippen LogP contribution in [0.15, 0.2) is 24.3 Å². The van der Waals surface area contributed by atoms with Crippen LogP contribution >= 0.6 is 11.8 Å². The van der Waals surface area contributed by atoms with E-state index in [-0.39, 0.29) is 24.0 Å². The van der Waals surface area contributed by atoms with Crippen molar-refractivity contribution >= 4 is 29.4 Å². The van der Waals surface area contributed by atoms with Crippen molar-refractivity contribution in [1.82, 2.24) is 10.6 Å². The summed E-state index contributed by atoms with van der Waals surface area (Å²) in [4.78, 5) is 23.4. The van der Waals surface area contributed by atoms with E-state index < -0.39 is 0 Å². The summed E-state index contributed by atoms with van der Waals surface area (Å²) in [7, 11) is 0. The summed E-state index contributed by atoms with van der Waals surface area (Å²) in [5.74, 6) is 1.06. The van der Waals surface area contributed by atoms with Gasteiger partial charge in [0.05, 0.1) is 12.1 Å². The number of benzene rings is 1. The summed E-state index contributed by atoms with van der Waals surface area (Å²) in [6.45, 7) is 2.12. The smallest absolute Gasteiger partial charge is 0.315 e. The fourth-order valence-corrected chi connectivity index (χ4v) is 4.86. The van der Waals surface area contributed by atoms with Crippen LogP contribution in [-0.4, -0.2) is 35.0 Å². The van der Waals surface area contributed by atoms with Gasteiger partial charge in [0.2, 0.25) is 5.91 Å². The molecule has 2 fully saturated rings. The first-order chi connectivity index (χ1) is 11.7. The number of rotatable bonds is 7. The van der Waals surface area contributed by atoms with Crippen LogP contribution in [0.4, 0.5) is 10.5 Å². The maximum Gasteiger partial charge on any atom is 0.315 e. The zero-order valence-corrected chi connectivity index (χ0v) is 14.8. The summed E-state index contributed by atoms with van der Waals surface area (Å²) in [6, 6.07) is 8.52. The molecule has 0 saturated carbocycles. The van der Waals surface area contributed by atoms with Crippen LogP contribution in [0.2, 0.25) is 0 Å². The van der Waals surface area contributed by atoms with E-state index in [0.717, 1.165) is 37.1 Å². The molecule has 0 spiro atoms. The predicted molar refractivity (Wildman–Crippen MR) is 98.4 cm³/mol. The Hall–Kier alpha value is -1.69. The van der Waals surface area contributed by atoms with Gasteiger partial charge in [0.25, 0.3) is 0 Å². The highest BCUT2D eigenvalue weighted by atomic mass is 32.2. The molecule has 0 aliphatic carbocycles. The van der Waals surface area contributed by atoms with Gasteiger partial charge in [-0.2, -0.15) is 11.8 Å². The topological polar surface area (TPSA) is 70.2 Å². The Morgan fingerprint density at radius 1 is 1.25 bits per heavy atom. The first-order valence-corrected chi connectivity index (χ1v) is 9.78. The Balaban J connectivity index is 1.34. The molecule has 2 aliphatic rings. The number of carbonyl (C=O) groups is 2. The lowest BCUT2D eigenvalue weighted by Crippen LogP contribution is -2.36. The number of urea groups is 1. The van der Waals surface area contributed by atoms with Crippen LogP contribution in [0.1, 0.15) is 38.2 Å². The standard InChI is InChI=1S/C18H25N3O2S/c1-2-12-7-9-13(10-8-12)19-16(22)6-4-3-5-15-17-14(11-24-15)20-18(23)21-17/h7-10,14-15,17H,2-6,11H2,1H3,(H,19,22)(H2,20,21,23). The van der Waals surface area contributed by atoms with E-state index in [0.29, 0.717) is 11.7 Å². The average Bonchev–Trinajstić information content (AvgIpc) is 3.12. The molecule has 1 aromatic carbocycles. The highest BCUT2D eigenvalue weighted by molar-refractivity contribution is 8.00. The molecule has 0 aromatic heterocycles. The van der Waals surface area contributed by atoms with Crippen molar-refractivity contribution in [2.24, 2.45) is 0 Å². The second-order valence-corrected chi connectivity index (χ2v) is 7.74. The van der Waals surface area contributed by atoms with Crippen molar-refractivity contribution in [3.63, 3.8) is 0 Å². The van der Waals surface area contributed by atoms with E-state index in [1.807, 2.05) is 36.0 Å². The molecule has 2 saturated heterocycles. The molecule has 3 amide bonds. The zero-order valence-electron chi connectivity index (χ0n) is 14.0. The minimum atomic E-state index is -0.0382. The van der Waals surface area contributed by atoms with Gasteiger partial charge < -0.3 is 16.0 Å². The van der Waals surface area contributed by atoms with Gasteiger partial charge >= 0.3 is 6.03 Å². The number of nitrogens with one attached hydrogen (secondary N) is 3. The molecule has 5 nitrogen and oxygen atoms in total. The summed E-state index contributed by atoms with van der Waals surface area (Å²) < 4.78 is 0. The minimum Gasteiger partial charge on any atom is -0.332 e. The maximum atomic E-state index is 12.0. The van der Waals surface area contributed by atoms with Gasteiger partial charge in [-0.25, -0.2) is 4.79 Å². The van der Waals surface area contributed by atoms with Crippen molar-refractivity contribution in [1.29, 1.82) is 0 Å². The third-order valence-electron chi connectivity index (χ3n) is 4.73. The Bertz CT molecular complexity index is 590. The lowest BCUT2D eigenvalue weighted by molar-refractivity contribution is -0.116. The Labute approximate surface area is 147 Å². The third kappa shape index (κ3) is 4.23. The summed E-state index contributed by atoms with van der Waals surface area (Å²) in [5, 5.41) is 9.39. The van der Waals surface area contributed by atoms with E-state index in [1.54, 1.807) is 0 Å². The maximum absolute atomic E-state index is 12.0. The fourth-order valence-electron chi connectivity index (χ4n) is 3.32. The van der Waals surface area contributed by atoms with Crippen LogP contribution in [-0.2, 0) is 11.2 Å². The van der Waals surface area contributed by atoms with Crippen LogP contribution in [0.5, 0.6) is 0 Å². The molecule has 3 N–H and O–H groups in total. The van der Waals surface area contributed by atoms with E-state index in [4.69, 9.17) is 0 Å². The van der Waals surface area contributed by atoms with Crippen LogP contribution < -0.4 is 16.0 Å². The summed E-state index contributed by atoms with van der Waals surface area (Å²) >= 11 is 1.92. The van der Waals surface area contributed by atoms with Gasteiger partial charge in [0, 0.05) is 23.1 Å². The molecule has 3 unspecified atom stereocenters. The number of hydrogen-bond donors (Lipinski definition) is 3. The minimum absolute atomic E-state index is 0.0382. The molecule has 0 bridgehead atoms. The average molecular weight is 347 g/mol. The van der Waals surface area contributed by atoms with Crippen molar-refractivity contribution in [2.75, 3.05) is 11.1 Å². The Morgan fingerprint density at radius 3 is 2.79 bits per heavy atom. The number of fused-ring (bicyclic) bond motifs is 1.